The molecule has 1 atom stereocenters. The summed E-state index contributed by atoms with van der Waals surface area (Å²) in [4.78, 5) is 0. The Morgan fingerprint density at radius 3 is 2.61 bits per heavy atom. The molecular weight excluding hydrogens is 248 g/mol. The zero-order valence-corrected chi connectivity index (χ0v) is 11.5. The SMILES string of the molecule is CS(=O)(=O)N1CCCC1CCc1ccc(N)cc1. The van der Waals surface area contributed by atoms with Crippen LogP contribution in [0.4, 0.5) is 5.69 Å². The molecule has 100 valence electrons. The van der Waals surface area contributed by atoms with E-state index in [1.54, 1.807) is 4.31 Å². The van der Waals surface area contributed by atoms with Crippen LogP contribution in [0.2, 0.25) is 0 Å². The van der Waals surface area contributed by atoms with Crippen LogP contribution in [-0.2, 0) is 16.4 Å². The first kappa shape index (κ1) is 13.4. The summed E-state index contributed by atoms with van der Waals surface area (Å²) in [5, 5.41) is 0. The first-order valence-electron chi connectivity index (χ1n) is 6.28. The number of anilines is 1. The minimum Gasteiger partial charge on any atom is -0.399 e. The highest BCUT2D eigenvalue weighted by Crippen LogP contribution is 2.24. The van der Waals surface area contributed by atoms with Crippen LogP contribution < -0.4 is 5.73 Å². The average molecular weight is 268 g/mol. The Morgan fingerprint density at radius 2 is 2.00 bits per heavy atom. The predicted molar refractivity (Wildman–Crippen MR) is 73.7 cm³/mol. The second-order valence-electron chi connectivity index (χ2n) is 4.95. The molecule has 0 aromatic heterocycles. The molecule has 2 rings (SSSR count). The van der Waals surface area contributed by atoms with Crippen LogP contribution >= 0.6 is 0 Å². The number of hydrogen-bond donors (Lipinski definition) is 1. The summed E-state index contributed by atoms with van der Waals surface area (Å²) in [5.41, 5.74) is 7.61. The Morgan fingerprint density at radius 1 is 1.33 bits per heavy atom. The topological polar surface area (TPSA) is 63.4 Å². The van der Waals surface area contributed by atoms with E-state index in [1.165, 1.54) is 11.8 Å². The van der Waals surface area contributed by atoms with Gasteiger partial charge in [0.1, 0.15) is 0 Å². The fourth-order valence-corrected chi connectivity index (χ4v) is 3.76. The van der Waals surface area contributed by atoms with E-state index in [9.17, 15) is 8.42 Å². The smallest absolute Gasteiger partial charge is 0.211 e. The van der Waals surface area contributed by atoms with E-state index in [4.69, 9.17) is 5.73 Å². The number of nitrogen functional groups attached to an aromatic ring is 1. The number of hydrogen-bond acceptors (Lipinski definition) is 3. The van der Waals surface area contributed by atoms with Gasteiger partial charge in [0.15, 0.2) is 0 Å². The molecule has 4 nitrogen and oxygen atoms in total. The summed E-state index contributed by atoms with van der Waals surface area (Å²) in [5.74, 6) is 0. The van der Waals surface area contributed by atoms with Gasteiger partial charge in [0.2, 0.25) is 10.0 Å². The molecule has 5 heteroatoms. The Kier molecular flexibility index (Phi) is 3.92. The lowest BCUT2D eigenvalue weighted by Gasteiger charge is -2.22. The van der Waals surface area contributed by atoms with Crippen molar-refractivity contribution >= 4 is 15.7 Å². The Hall–Kier alpha value is -1.07. The largest absolute Gasteiger partial charge is 0.399 e. The number of nitrogens with two attached hydrogens (primary N) is 1. The van der Waals surface area contributed by atoms with Crippen molar-refractivity contribution in [3.63, 3.8) is 0 Å². The zero-order chi connectivity index (χ0) is 13.2. The monoisotopic (exact) mass is 268 g/mol. The fourth-order valence-electron chi connectivity index (χ4n) is 2.55. The van der Waals surface area contributed by atoms with Crippen LogP contribution in [-0.4, -0.2) is 31.6 Å². The van der Waals surface area contributed by atoms with Gasteiger partial charge in [-0.25, -0.2) is 8.42 Å². The molecule has 0 amide bonds. The second kappa shape index (κ2) is 5.28. The maximum Gasteiger partial charge on any atom is 0.211 e. The van der Waals surface area contributed by atoms with Crippen LogP contribution in [0.3, 0.4) is 0 Å². The van der Waals surface area contributed by atoms with Gasteiger partial charge < -0.3 is 5.73 Å². The van der Waals surface area contributed by atoms with Gasteiger partial charge in [0.25, 0.3) is 0 Å². The van der Waals surface area contributed by atoms with Gasteiger partial charge in [-0.3, -0.25) is 0 Å². The third-order valence-corrected chi connectivity index (χ3v) is 4.83. The maximum atomic E-state index is 11.6. The van der Waals surface area contributed by atoms with E-state index in [0.29, 0.717) is 6.54 Å². The third-order valence-electron chi connectivity index (χ3n) is 3.50. The van der Waals surface area contributed by atoms with Gasteiger partial charge in [0.05, 0.1) is 6.26 Å². The van der Waals surface area contributed by atoms with Crippen molar-refractivity contribution in [1.29, 1.82) is 0 Å². The lowest BCUT2D eigenvalue weighted by molar-refractivity contribution is 0.373. The molecule has 1 saturated heterocycles. The molecule has 0 saturated carbocycles. The molecule has 1 aliphatic rings. The maximum absolute atomic E-state index is 11.6. The minimum atomic E-state index is -3.05. The van der Waals surface area contributed by atoms with Gasteiger partial charge in [-0.1, -0.05) is 12.1 Å². The lowest BCUT2D eigenvalue weighted by atomic mass is 10.0. The van der Waals surface area contributed by atoms with Crippen molar-refractivity contribution in [2.45, 2.75) is 31.7 Å². The molecular formula is C13H20N2O2S. The van der Waals surface area contributed by atoms with E-state index in [-0.39, 0.29) is 6.04 Å². The molecule has 1 heterocycles. The van der Waals surface area contributed by atoms with Crippen LogP contribution in [0, 0.1) is 0 Å². The highest BCUT2D eigenvalue weighted by atomic mass is 32.2. The van der Waals surface area contributed by atoms with E-state index in [2.05, 4.69) is 0 Å². The molecule has 1 aliphatic heterocycles. The number of sulfonamides is 1. The Balaban J connectivity index is 1.96. The van der Waals surface area contributed by atoms with Crippen molar-refractivity contribution in [3.8, 4) is 0 Å². The summed E-state index contributed by atoms with van der Waals surface area (Å²) in [6, 6.07) is 7.96. The Bertz CT molecular complexity index is 496. The van der Waals surface area contributed by atoms with Gasteiger partial charge in [-0.15, -0.1) is 0 Å². The Labute approximate surface area is 109 Å². The molecule has 18 heavy (non-hydrogen) atoms. The molecule has 1 aromatic carbocycles. The van der Waals surface area contributed by atoms with Crippen molar-refractivity contribution in [1.82, 2.24) is 4.31 Å². The summed E-state index contributed by atoms with van der Waals surface area (Å²) in [6.07, 6.45) is 5.03. The highest BCUT2D eigenvalue weighted by molar-refractivity contribution is 7.88. The average Bonchev–Trinajstić information content (AvgIpc) is 2.76. The van der Waals surface area contributed by atoms with Gasteiger partial charge in [-0.05, 0) is 43.4 Å². The van der Waals surface area contributed by atoms with Crippen LogP contribution in [0.5, 0.6) is 0 Å². The van der Waals surface area contributed by atoms with Crippen molar-refractivity contribution in [3.05, 3.63) is 29.8 Å². The molecule has 1 unspecified atom stereocenters. The van der Waals surface area contributed by atoms with Gasteiger partial charge >= 0.3 is 0 Å². The molecule has 1 fully saturated rings. The number of rotatable bonds is 4. The first-order valence-corrected chi connectivity index (χ1v) is 8.13. The summed E-state index contributed by atoms with van der Waals surface area (Å²) >= 11 is 0. The molecule has 0 spiro atoms. The summed E-state index contributed by atoms with van der Waals surface area (Å²) < 4.78 is 24.9. The van der Waals surface area contributed by atoms with Crippen molar-refractivity contribution < 1.29 is 8.42 Å². The molecule has 2 N–H and O–H groups in total. The van der Waals surface area contributed by atoms with Gasteiger partial charge in [0, 0.05) is 18.3 Å². The minimum absolute atomic E-state index is 0.164. The number of nitrogens with zero attached hydrogens (tertiary/aromatic N) is 1. The molecule has 1 aromatic rings. The summed E-state index contributed by atoms with van der Waals surface area (Å²) in [6.45, 7) is 0.672. The van der Waals surface area contributed by atoms with Crippen molar-refractivity contribution in [2.24, 2.45) is 0 Å². The van der Waals surface area contributed by atoms with E-state index in [1.807, 2.05) is 24.3 Å². The molecule has 0 bridgehead atoms. The zero-order valence-electron chi connectivity index (χ0n) is 10.7. The highest BCUT2D eigenvalue weighted by Gasteiger charge is 2.30. The normalized spacial score (nSPS) is 21.3. The molecule has 0 radical (unpaired) electrons. The van der Waals surface area contributed by atoms with Crippen molar-refractivity contribution in [2.75, 3.05) is 18.5 Å². The van der Waals surface area contributed by atoms with Gasteiger partial charge in [-0.2, -0.15) is 4.31 Å². The predicted octanol–water partition coefficient (Wildman–Crippen LogP) is 1.63. The van der Waals surface area contributed by atoms with E-state index in [0.717, 1.165) is 31.4 Å². The quantitative estimate of drug-likeness (QED) is 0.844. The summed E-state index contributed by atoms with van der Waals surface area (Å²) in [7, 11) is -3.05. The van der Waals surface area contributed by atoms with Crippen LogP contribution in [0.1, 0.15) is 24.8 Å². The standard InChI is InChI=1S/C13H20N2O2S/c1-18(16,17)15-10-2-3-13(15)9-6-11-4-7-12(14)8-5-11/h4-5,7-8,13H,2-3,6,9-10,14H2,1H3. The van der Waals surface area contributed by atoms with E-state index < -0.39 is 10.0 Å². The van der Waals surface area contributed by atoms with Crippen LogP contribution in [0.25, 0.3) is 0 Å². The molecule has 0 aliphatic carbocycles. The number of benzene rings is 1. The number of aryl methyl sites for hydroxylation is 1. The lowest BCUT2D eigenvalue weighted by Crippen LogP contribution is -2.34. The third kappa shape index (κ3) is 3.23. The fraction of sp³-hybridized carbons (Fsp3) is 0.538. The van der Waals surface area contributed by atoms with Crippen LogP contribution in [0.15, 0.2) is 24.3 Å². The first-order chi connectivity index (χ1) is 8.47. The van der Waals surface area contributed by atoms with E-state index >= 15 is 0 Å². The second-order valence-corrected chi connectivity index (χ2v) is 6.89.